The smallest absolute Gasteiger partial charge is 0.259 e. The summed E-state index contributed by atoms with van der Waals surface area (Å²) >= 11 is 18.1. The minimum Gasteiger partial charge on any atom is -0.334 e. The quantitative estimate of drug-likeness (QED) is 0.636. The SMILES string of the molecule is Clc1ccc(-c2nc(-c3ccccc3Cl)no2)c(Cl)c1. The van der Waals surface area contributed by atoms with Crippen molar-refractivity contribution < 1.29 is 4.52 Å². The van der Waals surface area contributed by atoms with Crippen molar-refractivity contribution in [1.29, 1.82) is 0 Å². The number of hydrogen-bond donors (Lipinski definition) is 0. The fourth-order valence-electron chi connectivity index (χ4n) is 1.75. The van der Waals surface area contributed by atoms with Gasteiger partial charge in [-0.25, -0.2) is 0 Å². The van der Waals surface area contributed by atoms with Crippen LogP contribution in [0, 0.1) is 0 Å². The van der Waals surface area contributed by atoms with Crippen molar-refractivity contribution in [3.05, 3.63) is 57.5 Å². The zero-order valence-corrected chi connectivity index (χ0v) is 12.2. The Hall–Kier alpha value is -1.55. The lowest BCUT2D eigenvalue weighted by Gasteiger charge is -1.98. The third kappa shape index (κ3) is 2.52. The Morgan fingerprint density at radius 3 is 2.40 bits per heavy atom. The van der Waals surface area contributed by atoms with Crippen molar-refractivity contribution in [3.8, 4) is 22.8 Å². The average molecular weight is 326 g/mol. The molecule has 0 spiro atoms. The van der Waals surface area contributed by atoms with Gasteiger partial charge in [-0.1, -0.05) is 52.1 Å². The van der Waals surface area contributed by atoms with E-state index in [0.717, 1.165) is 0 Å². The zero-order chi connectivity index (χ0) is 14.1. The van der Waals surface area contributed by atoms with Crippen LogP contribution in [0.25, 0.3) is 22.8 Å². The summed E-state index contributed by atoms with van der Waals surface area (Å²) in [5.74, 6) is 0.734. The third-order valence-electron chi connectivity index (χ3n) is 2.70. The molecule has 0 radical (unpaired) electrons. The molecule has 0 saturated carbocycles. The zero-order valence-electron chi connectivity index (χ0n) is 9.98. The maximum Gasteiger partial charge on any atom is 0.259 e. The largest absolute Gasteiger partial charge is 0.334 e. The van der Waals surface area contributed by atoms with E-state index >= 15 is 0 Å². The molecular weight excluding hydrogens is 319 g/mol. The van der Waals surface area contributed by atoms with Crippen LogP contribution in [-0.2, 0) is 0 Å². The van der Waals surface area contributed by atoms with Gasteiger partial charge in [0.25, 0.3) is 5.89 Å². The highest BCUT2D eigenvalue weighted by atomic mass is 35.5. The van der Waals surface area contributed by atoms with E-state index in [9.17, 15) is 0 Å². The van der Waals surface area contributed by atoms with Crippen molar-refractivity contribution >= 4 is 34.8 Å². The van der Waals surface area contributed by atoms with Crippen LogP contribution in [0.15, 0.2) is 47.0 Å². The fourth-order valence-corrected chi connectivity index (χ4v) is 2.46. The van der Waals surface area contributed by atoms with E-state index in [0.29, 0.717) is 37.9 Å². The van der Waals surface area contributed by atoms with Gasteiger partial charge >= 0.3 is 0 Å². The minimum absolute atomic E-state index is 0.321. The first-order valence-electron chi connectivity index (χ1n) is 5.69. The molecule has 0 saturated heterocycles. The van der Waals surface area contributed by atoms with Gasteiger partial charge in [-0.05, 0) is 30.3 Å². The van der Waals surface area contributed by atoms with Crippen LogP contribution in [0.1, 0.15) is 0 Å². The standard InChI is InChI=1S/C14H7Cl3N2O/c15-8-5-6-10(12(17)7-8)14-18-13(19-20-14)9-3-1-2-4-11(9)16/h1-7H. The molecule has 3 aromatic rings. The van der Waals surface area contributed by atoms with Crippen LogP contribution >= 0.6 is 34.8 Å². The van der Waals surface area contributed by atoms with E-state index in [-0.39, 0.29) is 0 Å². The number of benzene rings is 2. The molecule has 0 atom stereocenters. The molecule has 0 unspecified atom stereocenters. The Labute approximate surface area is 130 Å². The Bertz CT molecular complexity index is 771. The lowest BCUT2D eigenvalue weighted by molar-refractivity contribution is 0.432. The van der Waals surface area contributed by atoms with Gasteiger partial charge in [0, 0.05) is 10.6 Å². The number of aromatic nitrogens is 2. The van der Waals surface area contributed by atoms with Gasteiger partial charge in [0.05, 0.1) is 15.6 Å². The first-order valence-corrected chi connectivity index (χ1v) is 6.82. The number of nitrogens with zero attached hydrogens (tertiary/aromatic N) is 2. The van der Waals surface area contributed by atoms with E-state index in [4.69, 9.17) is 39.3 Å². The monoisotopic (exact) mass is 324 g/mol. The van der Waals surface area contributed by atoms with Gasteiger partial charge in [-0.15, -0.1) is 0 Å². The maximum absolute atomic E-state index is 6.11. The Morgan fingerprint density at radius 1 is 0.850 bits per heavy atom. The predicted octanol–water partition coefficient (Wildman–Crippen LogP) is 5.36. The maximum atomic E-state index is 6.11. The molecule has 0 aliphatic rings. The highest BCUT2D eigenvalue weighted by molar-refractivity contribution is 6.36. The lowest BCUT2D eigenvalue weighted by Crippen LogP contribution is -1.83. The second-order valence-electron chi connectivity index (χ2n) is 4.03. The molecule has 6 heteroatoms. The predicted molar refractivity (Wildman–Crippen MR) is 80.2 cm³/mol. The van der Waals surface area contributed by atoms with Crippen molar-refractivity contribution in [2.24, 2.45) is 0 Å². The number of halogens is 3. The lowest BCUT2D eigenvalue weighted by atomic mass is 10.2. The molecule has 1 aromatic heterocycles. The molecule has 3 nitrogen and oxygen atoms in total. The topological polar surface area (TPSA) is 38.9 Å². The summed E-state index contributed by atoms with van der Waals surface area (Å²) in [6.07, 6.45) is 0. The summed E-state index contributed by atoms with van der Waals surface area (Å²) < 4.78 is 5.23. The molecule has 2 aromatic carbocycles. The van der Waals surface area contributed by atoms with Crippen molar-refractivity contribution in [2.75, 3.05) is 0 Å². The number of hydrogen-bond acceptors (Lipinski definition) is 3. The van der Waals surface area contributed by atoms with Gasteiger partial charge in [0.2, 0.25) is 5.82 Å². The minimum atomic E-state index is 0.321. The highest BCUT2D eigenvalue weighted by Crippen LogP contribution is 2.32. The van der Waals surface area contributed by atoms with Crippen molar-refractivity contribution in [2.45, 2.75) is 0 Å². The summed E-state index contributed by atoms with van der Waals surface area (Å²) in [6, 6.07) is 12.3. The molecular formula is C14H7Cl3N2O. The molecule has 0 aliphatic heterocycles. The summed E-state index contributed by atoms with van der Waals surface area (Å²) in [6.45, 7) is 0. The normalized spacial score (nSPS) is 10.8. The number of rotatable bonds is 2. The Morgan fingerprint density at radius 2 is 1.65 bits per heavy atom. The highest BCUT2D eigenvalue weighted by Gasteiger charge is 2.15. The van der Waals surface area contributed by atoms with Crippen LogP contribution in [0.2, 0.25) is 15.1 Å². The van der Waals surface area contributed by atoms with Crippen LogP contribution in [0.5, 0.6) is 0 Å². The summed E-state index contributed by atoms with van der Waals surface area (Å²) in [5, 5.41) is 5.48. The molecule has 0 amide bonds. The third-order valence-corrected chi connectivity index (χ3v) is 3.58. The Balaban J connectivity index is 2.04. The molecule has 0 N–H and O–H groups in total. The Kier molecular flexibility index (Phi) is 3.66. The van der Waals surface area contributed by atoms with Crippen molar-refractivity contribution in [1.82, 2.24) is 10.1 Å². The molecule has 3 rings (SSSR count). The first-order chi connectivity index (χ1) is 9.65. The van der Waals surface area contributed by atoms with Gasteiger partial charge in [0.15, 0.2) is 0 Å². The van der Waals surface area contributed by atoms with Crippen LogP contribution in [0.3, 0.4) is 0 Å². The van der Waals surface area contributed by atoms with E-state index in [1.807, 2.05) is 18.2 Å². The van der Waals surface area contributed by atoms with E-state index in [2.05, 4.69) is 10.1 Å². The fraction of sp³-hybridized carbons (Fsp3) is 0. The molecule has 100 valence electrons. The first kappa shape index (κ1) is 13.4. The second kappa shape index (κ2) is 5.44. The molecule has 0 fully saturated rings. The van der Waals surface area contributed by atoms with Gasteiger partial charge < -0.3 is 4.52 Å². The summed E-state index contributed by atoms with van der Waals surface area (Å²) in [5.41, 5.74) is 1.33. The second-order valence-corrected chi connectivity index (χ2v) is 5.28. The van der Waals surface area contributed by atoms with E-state index in [1.54, 1.807) is 24.3 Å². The van der Waals surface area contributed by atoms with Crippen LogP contribution < -0.4 is 0 Å². The van der Waals surface area contributed by atoms with Crippen molar-refractivity contribution in [3.63, 3.8) is 0 Å². The van der Waals surface area contributed by atoms with Crippen LogP contribution in [-0.4, -0.2) is 10.1 Å². The van der Waals surface area contributed by atoms with Crippen LogP contribution in [0.4, 0.5) is 0 Å². The molecule has 0 aliphatic carbocycles. The molecule has 0 bridgehead atoms. The summed E-state index contributed by atoms with van der Waals surface area (Å²) in [7, 11) is 0. The van der Waals surface area contributed by atoms with E-state index < -0.39 is 0 Å². The van der Waals surface area contributed by atoms with Gasteiger partial charge in [-0.3, -0.25) is 0 Å². The molecule has 20 heavy (non-hydrogen) atoms. The van der Waals surface area contributed by atoms with Gasteiger partial charge in [-0.2, -0.15) is 4.98 Å². The van der Waals surface area contributed by atoms with E-state index in [1.165, 1.54) is 0 Å². The summed E-state index contributed by atoms with van der Waals surface area (Å²) in [4.78, 5) is 4.31. The van der Waals surface area contributed by atoms with Gasteiger partial charge in [0.1, 0.15) is 0 Å². The average Bonchev–Trinajstić information content (AvgIpc) is 2.88. The molecule has 1 heterocycles.